The SMILES string of the molecule is CC.Oc1cccc(-c2ccccc2)c1. The summed E-state index contributed by atoms with van der Waals surface area (Å²) in [5, 5.41) is 9.27. The number of aromatic hydroxyl groups is 1. The van der Waals surface area contributed by atoms with Crippen LogP contribution in [0.5, 0.6) is 5.75 Å². The molecule has 0 heterocycles. The Labute approximate surface area is 91.0 Å². The number of hydrogen-bond acceptors (Lipinski definition) is 1. The Balaban J connectivity index is 0.000000531. The Morgan fingerprint density at radius 1 is 0.733 bits per heavy atom. The van der Waals surface area contributed by atoms with Crippen molar-refractivity contribution in [3.05, 3.63) is 54.6 Å². The second-order valence-corrected chi connectivity index (χ2v) is 2.92. The molecule has 0 saturated carbocycles. The third-order valence-corrected chi connectivity index (χ3v) is 1.95. The van der Waals surface area contributed by atoms with Crippen LogP contribution in [0.4, 0.5) is 0 Å². The first-order valence-corrected chi connectivity index (χ1v) is 5.21. The van der Waals surface area contributed by atoms with Gasteiger partial charge in [-0.3, -0.25) is 0 Å². The van der Waals surface area contributed by atoms with Crippen LogP contribution in [0.2, 0.25) is 0 Å². The number of phenolic OH excluding ortho intramolecular Hbond substituents is 1. The summed E-state index contributed by atoms with van der Waals surface area (Å²) >= 11 is 0. The van der Waals surface area contributed by atoms with Gasteiger partial charge in [0.1, 0.15) is 5.75 Å². The molecule has 0 bridgehead atoms. The number of phenols is 1. The molecule has 2 rings (SSSR count). The average molecular weight is 200 g/mol. The first kappa shape index (κ1) is 11.3. The van der Waals surface area contributed by atoms with E-state index in [4.69, 9.17) is 0 Å². The van der Waals surface area contributed by atoms with E-state index in [1.54, 1.807) is 12.1 Å². The fourth-order valence-electron chi connectivity index (χ4n) is 1.32. The zero-order valence-corrected chi connectivity index (χ0v) is 9.14. The second-order valence-electron chi connectivity index (χ2n) is 2.92. The molecule has 0 fully saturated rings. The summed E-state index contributed by atoms with van der Waals surface area (Å²) < 4.78 is 0. The molecule has 2 aromatic carbocycles. The zero-order chi connectivity index (χ0) is 11.1. The minimum atomic E-state index is 0.307. The predicted molar refractivity (Wildman–Crippen MR) is 64.9 cm³/mol. The molecule has 0 spiro atoms. The lowest BCUT2D eigenvalue weighted by molar-refractivity contribution is 0.475. The summed E-state index contributed by atoms with van der Waals surface area (Å²) in [6.07, 6.45) is 0. The van der Waals surface area contributed by atoms with Crippen LogP contribution in [0, 0.1) is 0 Å². The van der Waals surface area contributed by atoms with Crippen LogP contribution in [0.1, 0.15) is 13.8 Å². The third kappa shape index (κ3) is 3.13. The highest BCUT2D eigenvalue weighted by Crippen LogP contribution is 2.22. The molecule has 1 nitrogen and oxygen atoms in total. The van der Waals surface area contributed by atoms with Gasteiger partial charge < -0.3 is 5.11 Å². The van der Waals surface area contributed by atoms with Gasteiger partial charge in [-0.05, 0) is 23.3 Å². The molecule has 0 unspecified atom stereocenters. The topological polar surface area (TPSA) is 20.2 Å². The highest BCUT2D eigenvalue weighted by Gasteiger charge is 1.95. The van der Waals surface area contributed by atoms with Gasteiger partial charge in [-0.15, -0.1) is 0 Å². The molecule has 0 saturated heterocycles. The quantitative estimate of drug-likeness (QED) is 0.735. The van der Waals surface area contributed by atoms with Crippen LogP contribution < -0.4 is 0 Å². The molecule has 0 radical (unpaired) electrons. The molecule has 1 heteroatoms. The predicted octanol–water partition coefficient (Wildman–Crippen LogP) is 4.09. The lowest BCUT2D eigenvalue weighted by Crippen LogP contribution is -1.75. The van der Waals surface area contributed by atoms with Gasteiger partial charge in [0.2, 0.25) is 0 Å². The molecule has 1 N–H and O–H groups in total. The van der Waals surface area contributed by atoms with Crippen LogP contribution in [-0.4, -0.2) is 5.11 Å². The standard InChI is InChI=1S/C12H10O.C2H6/c13-12-8-4-7-11(9-12)10-5-2-1-3-6-10;1-2/h1-9,13H;1-2H3. The summed E-state index contributed by atoms with van der Waals surface area (Å²) in [7, 11) is 0. The maximum atomic E-state index is 9.27. The molecule has 0 amide bonds. The van der Waals surface area contributed by atoms with Gasteiger partial charge in [-0.25, -0.2) is 0 Å². The molecule has 0 aliphatic carbocycles. The first-order chi connectivity index (χ1) is 7.36. The van der Waals surface area contributed by atoms with Crippen LogP contribution in [0.25, 0.3) is 11.1 Å². The van der Waals surface area contributed by atoms with Gasteiger partial charge in [0.15, 0.2) is 0 Å². The second kappa shape index (κ2) is 5.86. The van der Waals surface area contributed by atoms with Crippen molar-refractivity contribution in [2.45, 2.75) is 13.8 Å². The van der Waals surface area contributed by atoms with Crippen molar-refractivity contribution in [3.8, 4) is 16.9 Å². The number of hydrogen-bond donors (Lipinski definition) is 1. The fourth-order valence-corrected chi connectivity index (χ4v) is 1.32. The minimum Gasteiger partial charge on any atom is -0.508 e. The minimum absolute atomic E-state index is 0.307. The van der Waals surface area contributed by atoms with Crippen LogP contribution in [0.3, 0.4) is 0 Å². The van der Waals surface area contributed by atoms with Crippen LogP contribution >= 0.6 is 0 Å². The van der Waals surface area contributed by atoms with E-state index >= 15 is 0 Å². The Morgan fingerprint density at radius 3 is 1.93 bits per heavy atom. The maximum absolute atomic E-state index is 9.27. The van der Waals surface area contributed by atoms with Crippen molar-refractivity contribution in [2.24, 2.45) is 0 Å². The van der Waals surface area contributed by atoms with E-state index in [2.05, 4.69) is 0 Å². The summed E-state index contributed by atoms with van der Waals surface area (Å²) in [6, 6.07) is 17.3. The molecule has 0 atom stereocenters. The van der Waals surface area contributed by atoms with Crippen LogP contribution in [-0.2, 0) is 0 Å². The Morgan fingerprint density at radius 2 is 1.33 bits per heavy atom. The largest absolute Gasteiger partial charge is 0.508 e. The number of rotatable bonds is 1. The fraction of sp³-hybridized carbons (Fsp3) is 0.143. The van der Waals surface area contributed by atoms with E-state index in [0.29, 0.717) is 5.75 Å². The first-order valence-electron chi connectivity index (χ1n) is 5.21. The van der Waals surface area contributed by atoms with Crippen molar-refractivity contribution in [3.63, 3.8) is 0 Å². The van der Waals surface area contributed by atoms with Gasteiger partial charge in [-0.2, -0.15) is 0 Å². The van der Waals surface area contributed by atoms with Gasteiger partial charge >= 0.3 is 0 Å². The van der Waals surface area contributed by atoms with E-state index in [1.165, 1.54) is 0 Å². The van der Waals surface area contributed by atoms with Crippen LogP contribution in [0.15, 0.2) is 54.6 Å². The average Bonchev–Trinajstić information content (AvgIpc) is 2.33. The lowest BCUT2D eigenvalue weighted by Gasteiger charge is -2.00. The van der Waals surface area contributed by atoms with E-state index in [9.17, 15) is 5.11 Å². The number of benzene rings is 2. The van der Waals surface area contributed by atoms with E-state index in [-0.39, 0.29) is 0 Å². The van der Waals surface area contributed by atoms with Crippen molar-refractivity contribution in [2.75, 3.05) is 0 Å². The molecule has 0 aromatic heterocycles. The van der Waals surface area contributed by atoms with Crippen molar-refractivity contribution in [1.82, 2.24) is 0 Å². The normalized spacial score (nSPS) is 8.93. The van der Waals surface area contributed by atoms with E-state index < -0.39 is 0 Å². The van der Waals surface area contributed by atoms with E-state index in [1.807, 2.05) is 56.3 Å². The summed E-state index contributed by atoms with van der Waals surface area (Å²) in [6.45, 7) is 4.00. The highest BCUT2D eigenvalue weighted by molar-refractivity contribution is 5.64. The Hall–Kier alpha value is -1.76. The molecule has 2 aromatic rings. The smallest absolute Gasteiger partial charge is 0.116 e. The summed E-state index contributed by atoms with van der Waals surface area (Å²) in [4.78, 5) is 0. The van der Waals surface area contributed by atoms with Crippen molar-refractivity contribution < 1.29 is 5.11 Å². The van der Waals surface area contributed by atoms with Gasteiger partial charge in [0.05, 0.1) is 0 Å². The molecule has 0 aliphatic heterocycles. The molecule has 0 aliphatic rings. The summed E-state index contributed by atoms with van der Waals surface area (Å²) in [5.41, 5.74) is 2.17. The molecule has 78 valence electrons. The lowest BCUT2D eigenvalue weighted by atomic mass is 10.1. The van der Waals surface area contributed by atoms with Gasteiger partial charge in [-0.1, -0.05) is 56.3 Å². The van der Waals surface area contributed by atoms with E-state index in [0.717, 1.165) is 11.1 Å². The Kier molecular flexibility index (Phi) is 4.42. The monoisotopic (exact) mass is 200 g/mol. The zero-order valence-electron chi connectivity index (χ0n) is 9.14. The highest BCUT2D eigenvalue weighted by atomic mass is 16.3. The van der Waals surface area contributed by atoms with Gasteiger partial charge in [0, 0.05) is 0 Å². The molecule has 15 heavy (non-hydrogen) atoms. The van der Waals surface area contributed by atoms with Crippen molar-refractivity contribution >= 4 is 0 Å². The molecular weight excluding hydrogens is 184 g/mol. The van der Waals surface area contributed by atoms with Crippen molar-refractivity contribution in [1.29, 1.82) is 0 Å². The maximum Gasteiger partial charge on any atom is 0.116 e. The molecular formula is C14H16O. The third-order valence-electron chi connectivity index (χ3n) is 1.95. The van der Waals surface area contributed by atoms with Gasteiger partial charge in [0.25, 0.3) is 0 Å². The Bertz CT molecular complexity index is 393. The summed E-state index contributed by atoms with van der Waals surface area (Å²) in [5.74, 6) is 0.307.